The lowest BCUT2D eigenvalue weighted by atomic mass is 10.3. The van der Waals surface area contributed by atoms with Crippen LogP contribution in [0.5, 0.6) is 5.75 Å². The number of carbonyl (C=O) groups excluding carboxylic acids is 1. The number of nitrogens with one attached hydrogen (secondary N) is 2. The van der Waals surface area contributed by atoms with Crippen LogP contribution in [0.15, 0.2) is 35.6 Å². The Hall–Kier alpha value is -2.59. The van der Waals surface area contributed by atoms with Crippen LogP contribution >= 0.6 is 23.1 Å². The number of hydrogen-bond donors (Lipinski definition) is 2. The van der Waals surface area contributed by atoms with Crippen molar-refractivity contribution in [2.45, 2.75) is 18.6 Å². The van der Waals surface area contributed by atoms with Crippen LogP contribution in [0.25, 0.3) is 0 Å². The normalized spacial score (nSPS) is 10.6. The molecule has 142 valence electrons. The second-order valence-corrected chi connectivity index (χ2v) is 7.83. The summed E-state index contributed by atoms with van der Waals surface area (Å²) >= 11 is 2.79. The van der Waals surface area contributed by atoms with E-state index in [1.165, 1.54) is 23.1 Å². The zero-order valence-electron chi connectivity index (χ0n) is 15.2. The fraction of sp³-hybridized carbons (Fsp3) is 0.294. The van der Waals surface area contributed by atoms with Gasteiger partial charge in [-0.25, -0.2) is 4.98 Å². The van der Waals surface area contributed by atoms with Crippen molar-refractivity contribution in [1.82, 2.24) is 19.7 Å². The summed E-state index contributed by atoms with van der Waals surface area (Å²) in [6.07, 6.45) is 1.73. The number of thioether (sulfide) groups is 1. The Kier molecular flexibility index (Phi) is 6.30. The molecule has 0 unspecified atom stereocenters. The molecular formula is C17H20N6O2S2. The van der Waals surface area contributed by atoms with Gasteiger partial charge in [0.05, 0.1) is 19.4 Å². The molecule has 0 bridgehead atoms. The number of carbonyl (C=O) groups is 1. The summed E-state index contributed by atoms with van der Waals surface area (Å²) in [5, 5.41) is 15.7. The summed E-state index contributed by atoms with van der Waals surface area (Å²) < 4.78 is 7.02. The van der Waals surface area contributed by atoms with Crippen molar-refractivity contribution in [1.29, 1.82) is 0 Å². The van der Waals surface area contributed by atoms with Gasteiger partial charge in [-0.15, -0.1) is 21.5 Å². The van der Waals surface area contributed by atoms with E-state index in [0.29, 0.717) is 16.8 Å². The van der Waals surface area contributed by atoms with Gasteiger partial charge >= 0.3 is 0 Å². The quantitative estimate of drug-likeness (QED) is 0.558. The molecule has 8 nitrogen and oxygen atoms in total. The molecule has 0 saturated carbocycles. The number of anilines is 2. The number of ether oxygens (including phenoxy) is 1. The SMILES string of the molecule is COc1ccc(NCc2nnc(SCC(=O)Nc3ncc(C)s3)n2C)cc1. The number of benzene rings is 1. The molecule has 0 fully saturated rings. The molecule has 3 aromatic rings. The van der Waals surface area contributed by atoms with Crippen molar-refractivity contribution in [2.75, 3.05) is 23.5 Å². The molecule has 3 rings (SSSR count). The number of nitrogens with zero attached hydrogens (tertiary/aromatic N) is 4. The van der Waals surface area contributed by atoms with Gasteiger partial charge in [0.1, 0.15) is 5.75 Å². The van der Waals surface area contributed by atoms with Gasteiger partial charge in [0.15, 0.2) is 16.1 Å². The van der Waals surface area contributed by atoms with Gasteiger partial charge in [0.25, 0.3) is 0 Å². The average molecular weight is 405 g/mol. The molecule has 0 aliphatic rings. The zero-order valence-corrected chi connectivity index (χ0v) is 16.9. The van der Waals surface area contributed by atoms with Gasteiger partial charge in [0.2, 0.25) is 5.91 Å². The van der Waals surface area contributed by atoms with Crippen molar-refractivity contribution in [2.24, 2.45) is 7.05 Å². The Bertz CT molecular complexity index is 907. The largest absolute Gasteiger partial charge is 0.497 e. The number of rotatable bonds is 8. The van der Waals surface area contributed by atoms with E-state index >= 15 is 0 Å². The first-order chi connectivity index (χ1) is 13.0. The molecule has 0 radical (unpaired) electrons. The van der Waals surface area contributed by atoms with Crippen LogP contribution in [0, 0.1) is 6.92 Å². The highest BCUT2D eigenvalue weighted by atomic mass is 32.2. The minimum atomic E-state index is -0.116. The lowest BCUT2D eigenvalue weighted by Gasteiger charge is -2.07. The molecule has 27 heavy (non-hydrogen) atoms. The molecule has 0 aliphatic carbocycles. The average Bonchev–Trinajstić information content (AvgIpc) is 3.24. The lowest BCUT2D eigenvalue weighted by Crippen LogP contribution is -2.14. The van der Waals surface area contributed by atoms with Gasteiger partial charge in [-0.1, -0.05) is 11.8 Å². The Labute approximate surface area is 165 Å². The van der Waals surface area contributed by atoms with Crippen LogP contribution < -0.4 is 15.4 Å². The highest BCUT2D eigenvalue weighted by Gasteiger charge is 2.12. The molecule has 2 heterocycles. The number of methoxy groups -OCH3 is 1. The Balaban J connectivity index is 1.51. The maximum absolute atomic E-state index is 12.0. The Morgan fingerprint density at radius 2 is 2.07 bits per heavy atom. The summed E-state index contributed by atoms with van der Waals surface area (Å²) in [5.74, 6) is 1.72. The molecule has 2 aromatic heterocycles. The maximum atomic E-state index is 12.0. The third-order valence-corrected chi connectivity index (χ3v) is 5.51. The van der Waals surface area contributed by atoms with Crippen LogP contribution in [0.3, 0.4) is 0 Å². The van der Waals surface area contributed by atoms with Crippen LogP contribution in [-0.2, 0) is 18.4 Å². The second-order valence-electron chi connectivity index (χ2n) is 5.65. The van der Waals surface area contributed by atoms with Crippen molar-refractivity contribution in [3.63, 3.8) is 0 Å². The molecule has 0 saturated heterocycles. The van der Waals surface area contributed by atoms with Gasteiger partial charge in [0, 0.05) is 23.8 Å². The number of aryl methyl sites for hydroxylation is 1. The highest BCUT2D eigenvalue weighted by molar-refractivity contribution is 7.99. The number of aromatic nitrogens is 4. The molecule has 0 atom stereocenters. The van der Waals surface area contributed by atoms with Gasteiger partial charge in [-0.05, 0) is 31.2 Å². The van der Waals surface area contributed by atoms with E-state index in [4.69, 9.17) is 4.74 Å². The molecule has 0 spiro atoms. The van der Waals surface area contributed by atoms with Crippen molar-refractivity contribution < 1.29 is 9.53 Å². The fourth-order valence-electron chi connectivity index (χ4n) is 2.21. The van der Waals surface area contributed by atoms with E-state index < -0.39 is 0 Å². The third kappa shape index (κ3) is 5.20. The van der Waals surface area contributed by atoms with E-state index in [-0.39, 0.29) is 11.7 Å². The van der Waals surface area contributed by atoms with Gasteiger partial charge in [-0.2, -0.15) is 0 Å². The second kappa shape index (κ2) is 8.87. The van der Waals surface area contributed by atoms with E-state index in [9.17, 15) is 4.79 Å². The lowest BCUT2D eigenvalue weighted by molar-refractivity contribution is -0.113. The first-order valence-corrected chi connectivity index (χ1v) is 9.96. The van der Waals surface area contributed by atoms with E-state index in [2.05, 4.69) is 25.8 Å². The van der Waals surface area contributed by atoms with Crippen LogP contribution in [0.4, 0.5) is 10.8 Å². The minimum absolute atomic E-state index is 0.116. The number of thiazole rings is 1. The monoisotopic (exact) mass is 404 g/mol. The minimum Gasteiger partial charge on any atom is -0.497 e. The van der Waals surface area contributed by atoms with Crippen LogP contribution in [-0.4, -0.2) is 38.5 Å². The molecule has 10 heteroatoms. The molecule has 1 aromatic carbocycles. The summed E-state index contributed by atoms with van der Waals surface area (Å²) in [5.41, 5.74) is 0.964. The summed E-state index contributed by atoms with van der Waals surface area (Å²) in [6.45, 7) is 2.48. The smallest absolute Gasteiger partial charge is 0.236 e. The van der Waals surface area contributed by atoms with Crippen molar-refractivity contribution in [3.8, 4) is 5.75 Å². The highest BCUT2D eigenvalue weighted by Crippen LogP contribution is 2.20. The predicted molar refractivity (Wildman–Crippen MR) is 108 cm³/mol. The predicted octanol–water partition coefficient (Wildman–Crippen LogP) is 2.93. The third-order valence-electron chi connectivity index (χ3n) is 3.67. The Morgan fingerprint density at radius 1 is 1.30 bits per heavy atom. The summed E-state index contributed by atoms with van der Waals surface area (Å²) in [4.78, 5) is 17.2. The van der Waals surface area contributed by atoms with Crippen molar-refractivity contribution >= 4 is 39.8 Å². The van der Waals surface area contributed by atoms with E-state index in [1.54, 1.807) is 13.3 Å². The number of amides is 1. The fourth-order valence-corrected chi connectivity index (χ4v) is 3.62. The standard InChI is InChI=1S/C17H20N6O2S2/c1-11-8-19-16(27-11)20-15(24)10-26-17-22-21-14(23(17)2)9-18-12-4-6-13(25-3)7-5-12/h4-8,18H,9-10H2,1-3H3,(H,19,20,24). The first kappa shape index (κ1) is 19.2. The van der Waals surface area contributed by atoms with Gasteiger partial charge < -0.3 is 19.9 Å². The Morgan fingerprint density at radius 3 is 2.74 bits per heavy atom. The topological polar surface area (TPSA) is 94.0 Å². The van der Waals surface area contributed by atoms with Crippen LogP contribution in [0.1, 0.15) is 10.7 Å². The van der Waals surface area contributed by atoms with Crippen LogP contribution in [0.2, 0.25) is 0 Å². The number of hydrogen-bond acceptors (Lipinski definition) is 8. The molecule has 0 aliphatic heterocycles. The summed E-state index contributed by atoms with van der Waals surface area (Å²) in [6, 6.07) is 7.66. The van der Waals surface area contributed by atoms with Gasteiger partial charge in [-0.3, -0.25) is 4.79 Å². The zero-order chi connectivity index (χ0) is 19.2. The molecule has 1 amide bonds. The molecule has 2 N–H and O–H groups in total. The van der Waals surface area contributed by atoms with E-state index in [0.717, 1.165) is 22.1 Å². The molecular weight excluding hydrogens is 384 g/mol. The maximum Gasteiger partial charge on any atom is 0.236 e. The summed E-state index contributed by atoms with van der Waals surface area (Å²) in [7, 11) is 3.52. The first-order valence-electron chi connectivity index (χ1n) is 8.16. The van der Waals surface area contributed by atoms with E-state index in [1.807, 2.05) is 42.8 Å². The van der Waals surface area contributed by atoms with Crippen molar-refractivity contribution in [3.05, 3.63) is 41.2 Å².